The second-order valence-corrected chi connectivity index (χ2v) is 7.91. The number of halogens is 1. The van der Waals surface area contributed by atoms with E-state index in [1.165, 1.54) is 0 Å². The fourth-order valence-electron chi connectivity index (χ4n) is 3.24. The molecule has 0 atom stereocenters. The highest BCUT2D eigenvalue weighted by molar-refractivity contribution is 9.10. The van der Waals surface area contributed by atoms with Gasteiger partial charge < -0.3 is 14.2 Å². The van der Waals surface area contributed by atoms with Crippen LogP contribution in [0, 0.1) is 6.92 Å². The zero-order valence-corrected chi connectivity index (χ0v) is 18.6. The van der Waals surface area contributed by atoms with Crippen molar-refractivity contribution in [2.45, 2.75) is 6.92 Å². The Morgan fingerprint density at radius 3 is 2.42 bits per heavy atom. The van der Waals surface area contributed by atoms with Gasteiger partial charge in [0.1, 0.15) is 17.2 Å². The molecule has 5 nitrogen and oxygen atoms in total. The van der Waals surface area contributed by atoms with Crippen LogP contribution in [-0.4, -0.2) is 25.3 Å². The Kier molecular flexibility index (Phi) is 5.91. The number of carbonyl (C=O) groups is 2. The van der Waals surface area contributed by atoms with E-state index in [9.17, 15) is 9.59 Å². The Bertz CT molecular complexity index is 1180. The molecule has 31 heavy (non-hydrogen) atoms. The third kappa shape index (κ3) is 4.39. The number of allylic oxidation sites excluding steroid dienone is 1. The molecule has 0 fully saturated rings. The van der Waals surface area contributed by atoms with E-state index in [-0.39, 0.29) is 23.9 Å². The fourth-order valence-corrected chi connectivity index (χ4v) is 3.50. The average Bonchev–Trinajstić information content (AvgIpc) is 3.10. The number of hydrogen-bond acceptors (Lipinski definition) is 5. The minimum atomic E-state index is -0.189. The third-order valence-corrected chi connectivity index (χ3v) is 5.50. The van der Waals surface area contributed by atoms with E-state index < -0.39 is 0 Å². The molecule has 0 spiro atoms. The molecule has 0 amide bonds. The van der Waals surface area contributed by atoms with Crippen LogP contribution in [0.1, 0.15) is 31.8 Å². The van der Waals surface area contributed by atoms with Crippen LogP contribution in [0.5, 0.6) is 17.2 Å². The molecule has 0 aliphatic carbocycles. The van der Waals surface area contributed by atoms with Gasteiger partial charge in [-0.2, -0.15) is 0 Å². The number of ketones is 2. The van der Waals surface area contributed by atoms with Gasteiger partial charge in [0.15, 0.2) is 18.1 Å². The van der Waals surface area contributed by atoms with Crippen LogP contribution < -0.4 is 14.2 Å². The van der Waals surface area contributed by atoms with Gasteiger partial charge in [0.05, 0.1) is 12.7 Å². The number of carbonyl (C=O) groups excluding carboxylic acids is 2. The average molecular weight is 479 g/mol. The van der Waals surface area contributed by atoms with E-state index in [4.69, 9.17) is 14.2 Å². The van der Waals surface area contributed by atoms with E-state index >= 15 is 0 Å². The summed E-state index contributed by atoms with van der Waals surface area (Å²) in [7, 11) is 1.60. The van der Waals surface area contributed by atoms with Gasteiger partial charge in [0.25, 0.3) is 0 Å². The lowest BCUT2D eigenvalue weighted by molar-refractivity contribution is 0.0920. The van der Waals surface area contributed by atoms with Gasteiger partial charge in [0.2, 0.25) is 5.78 Å². The molecule has 3 aromatic carbocycles. The topological polar surface area (TPSA) is 61.8 Å². The first-order valence-electron chi connectivity index (χ1n) is 9.59. The largest absolute Gasteiger partial charge is 0.497 e. The van der Waals surface area contributed by atoms with Crippen LogP contribution in [0.4, 0.5) is 0 Å². The van der Waals surface area contributed by atoms with Gasteiger partial charge in [-0.1, -0.05) is 40.2 Å². The van der Waals surface area contributed by atoms with Crippen molar-refractivity contribution in [3.8, 4) is 17.2 Å². The van der Waals surface area contributed by atoms with Gasteiger partial charge in [-0.25, -0.2) is 0 Å². The van der Waals surface area contributed by atoms with E-state index in [1.54, 1.807) is 37.5 Å². The fraction of sp³-hybridized carbons (Fsp3) is 0.120. The Morgan fingerprint density at radius 1 is 1.03 bits per heavy atom. The summed E-state index contributed by atoms with van der Waals surface area (Å²) in [5, 5.41) is 0. The summed E-state index contributed by atoms with van der Waals surface area (Å²) in [6.45, 7) is 1.70. The third-order valence-electron chi connectivity index (χ3n) is 4.98. The van der Waals surface area contributed by atoms with Crippen molar-refractivity contribution in [2.24, 2.45) is 0 Å². The number of hydrogen-bond donors (Lipinski definition) is 0. The Balaban J connectivity index is 1.51. The van der Waals surface area contributed by atoms with E-state index in [0.29, 0.717) is 28.2 Å². The summed E-state index contributed by atoms with van der Waals surface area (Å²) in [6, 6.07) is 17.8. The molecule has 6 heteroatoms. The monoisotopic (exact) mass is 478 g/mol. The molecule has 0 bridgehead atoms. The van der Waals surface area contributed by atoms with Crippen LogP contribution in [0.3, 0.4) is 0 Å². The number of ether oxygens (including phenoxy) is 3. The molecule has 1 heterocycles. The highest BCUT2D eigenvalue weighted by Crippen LogP contribution is 2.39. The molecule has 156 valence electrons. The Hall–Kier alpha value is -3.38. The van der Waals surface area contributed by atoms with Crippen molar-refractivity contribution in [3.05, 3.63) is 93.1 Å². The SMILES string of the molecule is COc1ccc(/C=C2\Oc3c(ccc(OCC(=O)c4ccc(Br)cc4)c3C)C2=O)cc1. The molecule has 3 aromatic rings. The first-order chi connectivity index (χ1) is 15.0. The highest BCUT2D eigenvalue weighted by Gasteiger charge is 2.30. The molecule has 0 N–H and O–H groups in total. The van der Waals surface area contributed by atoms with Crippen LogP contribution in [0.15, 0.2) is 70.9 Å². The van der Waals surface area contributed by atoms with E-state index in [1.807, 2.05) is 43.3 Å². The molecule has 0 radical (unpaired) electrons. The zero-order valence-electron chi connectivity index (χ0n) is 17.0. The predicted octanol–water partition coefficient (Wildman–Crippen LogP) is 5.64. The smallest absolute Gasteiger partial charge is 0.231 e. The first kappa shape index (κ1) is 20.9. The molecule has 0 saturated carbocycles. The van der Waals surface area contributed by atoms with E-state index in [2.05, 4.69) is 15.9 Å². The zero-order chi connectivity index (χ0) is 22.0. The highest BCUT2D eigenvalue weighted by atomic mass is 79.9. The maximum atomic E-state index is 12.7. The molecular formula is C25H19BrO5. The molecule has 0 aromatic heterocycles. The number of Topliss-reactive ketones (excluding diaryl/α,β-unsaturated/α-hetero) is 2. The number of rotatable bonds is 6. The summed E-state index contributed by atoms with van der Waals surface area (Å²) in [5.41, 5.74) is 2.54. The minimum absolute atomic E-state index is 0.107. The maximum Gasteiger partial charge on any atom is 0.231 e. The van der Waals surface area contributed by atoms with Crippen LogP contribution in [0.25, 0.3) is 6.08 Å². The predicted molar refractivity (Wildman–Crippen MR) is 121 cm³/mol. The lowest BCUT2D eigenvalue weighted by Gasteiger charge is -2.11. The Labute approximate surface area is 188 Å². The van der Waals surface area contributed by atoms with Crippen molar-refractivity contribution >= 4 is 33.6 Å². The van der Waals surface area contributed by atoms with Gasteiger partial charge in [-0.3, -0.25) is 9.59 Å². The minimum Gasteiger partial charge on any atom is -0.497 e. The van der Waals surface area contributed by atoms with Crippen molar-refractivity contribution in [3.63, 3.8) is 0 Å². The van der Waals surface area contributed by atoms with E-state index in [0.717, 1.165) is 15.8 Å². The molecule has 1 aliphatic rings. The lowest BCUT2D eigenvalue weighted by atomic mass is 10.1. The second-order valence-electron chi connectivity index (χ2n) is 7.00. The summed E-state index contributed by atoms with van der Waals surface area (Å²) < 4.78 is 17.7. The summed E-state index contributed by atoms with van der Waals surface area (Å²) in [6.07, 6.45) is 1.69. The number of benzene rings is 3. The molecule has 4 rings (SSSR count). The Morgan fingerprint density at radius 2 is 1.74 bits per heavy atom. The van der Waals surface area contributed by atoms with Crippen LogP contribution in [-0.2, 0) is 0 Å². The van der Waals surface area contributed by atoms with Gasteiger partial charge in [0, 0.05) is 15.6 Å². The molecule has 1 aliphatic heterocycles. The number of methoxy groups -OCH3 is 1. The van der Waals surface area contributed by atoms with Crippen molar-refractivity contribution < 1.29 is 23.8 Å². The maximum absolute atomic E-state index is 12.7. The standard InChI is InChI=1S/C25H19BrO5/c1-15-22(30-14-21(27)17-5-7-18(26)8-6-17)12-11-20-24(28)23(31-25(15)20)13-16-3-9-19(29-2)10-4-16/h3-13H,14H2,1-2H3/b23-13-. The van der Waals surface area contributed by atoms with Gasteiger partial charge in [-0.05, 0) is 55.0 Å². The molecule has 0 saturated heterocycles. The lowest BCUT2D eigenvalue weighted by Crippen LogP contribution is -2.12. The first-order valence-corrected chi connectivity index (χ1v) is 10.4. The normalized spacial score (nSPS) is 13.6. The van der Waals surface area contributed by atoms with Crippen molar-refractivity contribution in [1.29, 1.82) is 0 Å². The second kappa shape index (κ2) is 8.78. The summed E-state index contributed by atoms with van der Waals surface area (Å²) >= 11 is 3.35. The summed E-state index contributed by atoms with van der Waals surface area (Å²) in [4.78, 5) is 25.1. The van der Waals surface area contributed by atoms with Gasteiger partial charge in [-0.15, -0.1) is 0 Å². The molecular weight excluding hydrogens is 460 g/mol. The van der Waals surface area contributed by atoms with Crippen molar-refractivity contribution in [2.75, 3.05) is 13.7 Å². The quantitative estimate of drug-likeness (QED) is 0.338. The number of fused-ring (bicyclic) bond motifs is 1. The summed E-state index contributed by atoms with van der Waals surface area (Å²) in [5.74, 6) is 1.61. The van der Waals surface area contributed by atoms with Crippen LogP contribution >= 0.6 is 15.9 Å². The van der Waals surface area contributed by atoms with Crippen LogP contribution in [0.2, 0.25) is 0 Å². The van der Waals surface area contributed by atoms with Crippen molar-refractivity contribution in [1.82, 2.24) is 0 Å². The molecule has 0 unspecified atom stereocenters. The van der Waals surface area contributed by atoms with Gasteiger partial charge >= 0.3 is 0 Å².